The standard InChI is InChI=1S/C23H32N4O2.HI/c1-3-24-22(26-20-13-16-27(17-14-20)23(28)29-4-2)25-15-12-19-10-7-9-18-8-5-6-11-21(18)19;/h5-11,20H,3-4,12-17H2,1-2H3,(H2,24,25,26);1H. The highest BCUT2D eigenvalue weighted by atomic mass is 127. The number of hydrogen-bond acceptors (Lipinski definition) is 3. The summed E-state index contributed by atoms with van der Waals surface area (Å²) in [5.41, 5.74) is 1.32. The van der Waals surface area contributed by atoms with Crippen LogP contribution in [0, 0.1) is 0 Å². The summed E-state index contributed by atoms with van der Waals surface area (Å²) in [6.45, 7) is 7.31. The van der Waals surface area contributed by atoms with Crippen molar-refractivity contribution >= 4 is 46.8 Å². The Balaban J connectivity index is 0.00000320. The second-order valence-corrected chi connectivity index (χ2v) is 7.25. The van der Waals surface area contributed by atoms with Gasteiger partial charge in [-0.2, -0.15) is 0 Å². The summed E-state index contributed by atoms with van der Waals surface area (Å²) >= 11 is 0. The SMILES string of the molecule is CCNC(=NCCc1cccc2ccccc12)NC1CCN(C(=O)OCC)CC1.I. The molecule has 1 saturated heterocycles. The first-order valence-electron chi connectivity index (χ1n) is 10.6. The van der Waals surface area contributed by atoms with Crippen LogP contribution in [0.5, 0.6) is 0 Å². The number of likely N-dealkylation sites (tertiary alicyclic amines) is 1. The Kier molecular flexibility index (Phi) is 10.2. The van der Waals surface area contributed by atoms with Crippen LogP contribution in [0.25, 0.3) is 10.8 Å². The van der Waals surface area contributed by atoms with Crippen LogP contribution in [-0.4, -0.2) is 55.8 Å². The van der Waals surface area contributed by atoms with Gasteiger partial charge in [-0.1, -0.05) is 42.5 Å². The second-order valence-electron chi connectivity index (χ2n) is 7.25. The van der Waals surface area contributed by atoms with Crippen LogP contribution in [0.15, 0.2) is 47.5 Å². The van der Waals surface area contributed by atoms with Gasteiger partial charge < -0.3 is 20.3 Å². The lowest BCUT2D eigenvalue weighted by molar-refractivity contribution is 0.0963. The molecule has 164 valence electrons. The number of carbonyl (C=O) groups excluding carboxylic acids is 1. The maximum Gasteiger partial charge on any atom is 0.409 e. The average Bonchev–Trinajstić information content (AvgIpc) is 2.75. The largest absolute Gasteiger partial charge is 0.450 e. The van der Waals surface area contributed by atoms with Crippen LogP contribution >= 0.6 is 24.0 Å². The van der Waals surface area contributed by atoms with Gasteiger partial charge in [0.15, 0.2) is 5.96 Å². The van der Waals surface area contributed by atoms with Crippen molar-refractivity contribution in [3.05, 3.63) is 48.0 Å². The molecule has 1 aliphatic rings. The van der Waals surface area contributed by atoms with E-state index in [0.29, 0.717) is 25.7 Å². The zero-order chi connectivity index (χ0) is 20.5. The molecule has 2 aromatic carbocycles. The Bertz CT molecular complexity index is 830. The zero-order valence-corrected chi connectivity index (χ0v) is 20.2. The highest BCUT2D eigenvalue weighted by molar-refractivity contribution is 14.0. The lowest BCUT2D eigenvalue weighted by Gasteiger charge is -2.32. The molecule has 7 heteroatoms. The van der Waals surface area contributed by atoms with Crippen molar-refractivity contribution in [2.45, 2.75) is 39.2 Å². The summed E-state index contributed by atoms with van der Waals surface area (Å²) in [6, 6.07) is 15.2. The van der Waals surface area contributed by atoms with Gasteiger partial charge in [0, 0.05) is 32.2 Å². The number of nitrogens with zero attached hydrogens (tertiary/aromatic N) is 2. The van der Waals surface area contributed by atoms with Gasteiger partial charge in [0.25, 0.3) is 0 Å². The minimum absolute atomic E-state index is 0. The van der Waals surface area contributed by atoms with E-state index >= 15 is 0 Å². The summed E-state index contributed by atoms with van der Waals surface area (Å²) in [6.07, 6.45) is 2.49. The lowest BCUT2D eigenvalue weighted by Crippen LogP contribution is -2.50. The number of halogens is 1. The zero-order valence-electron chi connectivity index (χ0n) is 17.9. The van der Waals surface area contributed by atoms with Gasteiger partial charge in [0.1, 0.15) is 0 Å². The fourth-order valence-electron chi connectivity index (χ4n) is 3.73. The molecule has 0 atom stereocenters. The van der Waals surface area contributed by atoms with Gasteiger partial charge in [-0.25, -0.2) is 4.79 Å². The Morgan fingerprint density at radius 3 is 2.60 bits per heavy atom. The molecule has 0 saturated carbocycles. The van der Waals surface area contributed by atoms with E-state index in [9.17, 15) is 4.79 Å². The van der Waals surface area contributed by atoms with Gasteiger partial charge >= 0.3 is 6.09 Å². The van der Waals surface area contributed by atoms with E-state index in [1.165, 1.54) is 16.3 Å². The molecule has 0 bridgehead atoms. The maximum absolute atomic E-state index is 11.8. The third kappa shape index (κ3) is 6.75. The molecule has 1 amide bonds. The first-order chi connectivity index (χ1) is 14.2. The van der Waals surface area contributed by atoms with Crippen LogP contribution in [0.2, 0.25) is 0 Å². The van der Waals surface area contributed by atoms with Crippen molar-refractivity contribution in [3.8, 4) is 0 Å². The first kappa shape index (κ1) is 24.2. The lowest BCUT2D eigenvalue weighted by atomic mass is 10.0. The average molecular weight is 524 g/mol. The van der Waals surface area contributed by atoms with E-state index in [-0.39, 0.29) is 30.1 Å². The molecule has 1 aliphatic heterocycles. The number of amides is 1. The summed E-state index contributed by atoms with van der Waals surface area (Å²) in [5, 5.41) is 9.44. The third-order valence-electron chi connectivity index (χ3n) is 5.24. The number of hydrogen-bond donors (Lipinski definition) is 2. The normalized spacial score (nSPS) is 14.9. The van der Waals surface area contributed by atoms with E-state index in [2.05, 4.69) is 60.0 Å². The molecule has 6 nitrogen and oxygen atoms in total. The van der Waals surface area contributed by atoms with E-state index < -0.39 is 0 Å². The number of benzene rings is 2. The molecule has 3 rings (SSSR count). The second kappa shape index (κ2) is 12.6. The predicted molar refractivity (Wildman–Crippen MR) is 134 cm³/mol. The molecule has 2 aromatic rings. The smallest absolute Gasteiger partial charge is 0.409 e. The fourth-order valence-corrected chi connectivity index (χ4v) is 3.73. The van der Waals surface area contributed by atoms with E-state index in [4.69, 9.17) is 9.73 Å². The van der Waals surface area contributed by atoms with Crippen molar-refractivity contribution in [2.24, 2.45) is 4.99 Å². The first-order valence-corrected chi connectivity index (χ1v) is 10.6. The van der Waals surface area contributed by atoms with E-state index in [1.54, 1.807) is 4.90 Å². The molecule has 0 aliphatic carbocycles. The predicted octanol–water partition coefficient (Wildman–Crippen LogP) is 4.18. The quantitative estimate of drug-likeness (QED) is 0.338. The highest BCUT2D eigenvalue weighted by Gasteiger charge is 2.24. The summed E-state index contributed by atoms with van der Waals surface area (Å²) in [7, 11) is 0. The number of ether oxygens (including phenoxy) is 1. The van der Waals surface area contributed by atoms with Crippen LogP contribution < -0.4 is 10.6 Å². The van der Waals surface area contributed by atoms with Crippen LogP contribution in [0.3, 0.4) is 0 Å². The molecular weight excluding hydrogens is 491 g/mol. The van der Waals surface area contributed by atoms with Crippen LogP contribution in [0.4, 0.5) is 4.79 Å². The molecule has 2 N–H and O–H groups in total. The molecular formula is C23H33IN4O2. The van der Waals surface area contributed by atoms with Gasteiger partial charge in [0.05, 0.1) is 6.61 Å². The van der Waals surface area contributed by atoms with E-state index in [1.807, 2.05) is 6.92 Å². The van der Waals surface area contributed by atoms with Crippen molar-refractivity contribution < 1.29 is 9.53 Å². The molecule has 0 spiro atoms. The van der Waals surface area contributed by atoms with Crippen LogP contribution in [-0.2, 0) is 11.2 Å². The minimum atomic E-state index is -0.207. The summed E-state index contributed by atoms with van der Waals surface area (Å²) < 4.78 is 5.09. The van der Waals surface area contributed by atoms with Gasteiger partial charge in [-0.15, -0.1) is 24.0 Å². The molecule has 0 unspecified atom stereocenters. The summed E-state index contributed by atoms with van der Waals surface area (Å²) in [4.78, 5) is 18.4. The third-order valence-corrected chi connectivity index (χ3v) is 5.24. The Morgan fingerprint density at radius 1 is 1.13 bits per heavy atom. The van der Waals surface area contributed by atoms with Crippen molar-refractivity contribution in [1.29, 1.82) is 0 Å². The molecule has 1 fully saturated rings. The topological polar surface area (TPSA) is 66.0 Å². The molecule has 30 heavy (non-hydrogen) atoms. The number of fused-ring (bicyclic) bond motifs is 1. The fraction of sp³-hybridized carbons (Fsp3) is 0.478. The van der Waals surface area contributed by atoms with Crippen molar-refractivity contribution in [3.63, 3.8) is 0 Å². The number of carbonyl (C=O) groups is 1. The molecule has 1 heterocycles. The monoisotopic (exact) mass is 524 g/mol. The van der Waals surface area contributed by atoms with E-state index in [0.717, 1.165) is 38.3 Å². The van der Waals surface area contributed by atoms with Gasteiger partial charge in [-0.3, -0.25) is 4.99 Å². The Labute approximate surface area is 196 Å². The molecule has 0 aromatic heterocycles. The maximum atomic E-state index is 11.8. The highest BCUT2D eigenvalue weighted by Crippen LogP contribution is 2.19. The number of piperidine rings is 1. The van der Waals surface area contributed by atoms with Gasteiger partial charge in [0.2, 0.25) is 0 Å². The van der Waals surface area contributed by atoms with Crippen LogP contribution in [0.1, 0.15) is 32.3 Å². The Hall–Kier alpha value is -2.03. The minimum Gasteiger partial charge on any atom is -0.450 e. The number of nitrogens with one attached hydrogen (secondary N) is 2. The number of guanidine groups is 1. The summed E-state index contributed by atoms with van der Waals surface area (Å²) in [5.74, 6) is 0.849. The molecule has 0 radical (unpaired) electrons. The van der Waals surface area contributed by atoms with Crippen molar-refractivity contribution in [1.82, 2.24) is 15.5 Å². The Morgan fingerprint density at radius 2 is 1.87 bits per heavy atom. The number of rotatable bonds is 6. The van der Waals surface area contributed by atoms with Crippen molar-refractivity contribution in [2.75, 3.05) is 32.8 Å². The van der Waals surface area contributed by atoms with Gasteiger partial charge in [-0.05, 0) is 49.4 Å². The number of aliphatic imine (C=N–C) groups is 1.